The molecule has 562 valence electrons. The summed E-state index contributed by atoms with van der Waals surface area (Å²) in [4.78, 5) is 36.0. The number of phosphoric acid groups is 1. The highest BCUT2D eigenvalue weighted by atomic mass is 31.2. The number of hydrogen-bond donors (Lipinski definition) is 1. The number of carbonyl (C=O) groups excluding carboxylic acids is 2. The fourth-order valence-electron chi connectivity index (χ4n) is 10.1. The van der Waals surface area contributed by atoms with E-state index in [1.54, 1.807) is 0 Å². The number of esters is 2. The monoisotopic (exact) mass is 1400 g/mol. The molecule has 0 fully saturated rings. The molecule has 0 aliphatic heterocycles. The fraction of sp³-hybridized carbons (Fsp3) is 0.578. The molecule has 10 heteroatoms. The summed E-state index contributed by atoms with van der Waals surface area (Å²) < 4.78 is 34.7. The van der Waals surface area contributed by atoms with Crippen LogP contribution in [0.1, 0.15) is 284 Å². The number of nitrogens with zero attached hydrogens (tertiary/aromatic N) is 1. The third-order valence-electron chi connectivity index (χ3n) is 16.0. The van der Waals surface area contributed by atoms with Gasteiger partial charge in [-0.15, -0.1) is 0 Å². The third kappa shape index (κ3) is 81.3. The average Bonchev–Trinajstić information content (AvgIpc) is 1.02. The minimum absolute atomic E-state index is 0.0146. The minimum Gasteiger partial charge on any atom is -0.462 e. The molecule has 2 unspecified atom stereocenters. The van der Waals surface area contributed by atoms with Crippen LogP contribution in [0.15, 0.2) is 219 Å². The molecule has 100 heavy (non-hydrogen) atoms. The molecule has 0 aromatic carbocycles. The standard InChI is InChI=1S/C90H144NO8P/c1-6-8-10-12-14-16-18-20-22-24-26-28-30-32-34-36-38-40-42-44-45-47-48-50-52-54-56-58-60-62-64-66-68-70-72-74-76-78-80-82-89(92)96-86-88(87-98-100(94,95)97-85-84-91(3,4)5)99-90(93)83-81-79-77-75-73-71-69-67-65-63-61-59-57-55-53-51-49-46-43-41-39-37-35-33-31-29-27-25-23-21-19-17-15-13-11-9-7-2/h8-11,14-17,20-23,26-29,32-35,38-41,44-46,49,53,55,59,61,65,67,71,73,88H,6-7,12-13,18-19,24-25,30-31,36-37,42-43,47-48,50-52,54,56-58,60,62-64,66,68-70,72,74-87H2,1-5H3/p+1/b10-8-,11-9-,16-14-,17-15-,22-20-,23-21-,28-26-,29-27-,34-32-,35-33-,40-38-,41-39-,45-44-,49-46-,55-53-,61-59-,67-65-,73-71-. The SMILES string of the molecule is CC/C=C\C/C=C\C/C=C\C/C=C\C/C=C\C/C=C\C/C=C\C/C=C\C/C=C\C/C=C\C/C=C\CCCCCC(=O)OC(COC(=O)CCCCCCCCCCCCCCCCCCC/C=C\C/C=C\C/C=C\C/C=C\C/C=C\C/C=C\C/C=C\CC)COP(=O)(O)OCC[N+](C)(C)C. The van der Waals surface area contributed by atoms with Crippen molar-refractivity contribution in [1.29, 1.82) is 0 Å². The number of allylic oxidation sites excluding steroid dienone is 36. The van der Waals surface area contributed by atoms with Crippen LogP contribution in [0, 0.1) is 0 Å². The number of likely N-dealkylation sites (N-methyl/N-ethyl adjacent to an activating group) is 1. The summed E-state index contributed by atoms with van der Waals surface area (Å²) >= 11 is 0. The van der Waals surface area contributed by atoms with Gasteiger partial charge >= 0.3 is 19.8 Å². The van der Waals surface area contributed by atoms with E-state index in [1.165, 1.54) is 96.3 Å². The van der Waals surface area contributed by atoms with Gasteiger partial charge in [-0.1, -0.05) is 335 Å². The second-order valence-corrected chi connectivity index (χ2v) is 28.1. The van der Waals surface area contributed by atoms with Gasteiger partial charge in [-0.2, -0.15) is 0 Å². The van der Waals surface area contributed by atoms with Gasteiger partial charge in [-0.05, 0) is 154 Å². The molecule has 9 nitrogen and oxygen atoms in total. The van der Waals surface area contributed by atoms with Crippen molar-refractivity contribution in [2.75, 3.05) is 47.5 Å². The van der Waals surface area contributed by atoms with Crippen LogP contribution in [0.4, 0.5) is 0 Å². The zero-order valence-corrected chi connectivity index (χ0v) is 65.0. The molecule has 0 aromatic rings. The van der Waals surface area contributed by atoms with Gasteiger partial charge in [0, 0.05) is 12.8 Å². The molecule has 0 spiro atoms. The van der Waals surface area contributed by atoms with Gasteiger partial charge in [0.15, 0.2) is 6.10 Å². The van der Waals surface area contributed by atoms with Crippen LogP contribution in [-0.4, -0.2) is 74.9 Å². The molecule has 2 atom stereocenters. The molecule has 0 aliphatic rings. The molecular formula is C90H145NO8P+. The van der Waals surface area contributed by atoms with Crippen molar-refractivity contribution in [3.8, 4) is 0 Å². The predicted molar refractivity (Wildman–Crippen MR) is 435 cm³/mol. The molecule has 0 saturated carbocycles. The molecule has 0 radical (unpaired) electrons. The van der Waals surface area contributed by atoms with E-state index >= 15 is 0 Å². The summed E-state index contributed by atoms with van der Waals surface area (Å²) in [5, 5.41) is 0. The second-order valence-electron chi connectivity index (χ2n) is 26.6. The Bertz CT molecular complexity index is 2500. The summed E-state index contributed by atoms with van der Waals surface area (Å²) in [5.41, 5.74) is 0. The summed E-state index contributed by atoms with van der Waals surface area (Å²) in [5.74, 6) is -0.845. The van der Waals surface area contributed by atoms with E-state index in [1.807, 2.05) is 21.1 Å². The van der Waals surface area contributed by atoms with Crippen LogP contribution in [0.2, 0.25) is 0 Å². The van der Waals surface area contributed by atoms with Crippen molar-refractivity contribution < 1.29 is 42.1 Å². The van der Waals surface area contributed by atoms with Gasteiger partial charge in [0.2, 0.25) is 0 Å². The second kappa shape index (κ2) is 77.5. The van der Waals surface area contributed by atoms with Crippen molar-refractivity contribution in [3.63, 3.8) is 0 Å². The number of quaternary nitrogens is 1. The number of hydrogen-bond acceptors (Lipinski definition) is 7. The lowest BCUT2D eigenvalue weighted by Gasteiger charge is -2.24. The van der Waals surface area contributed by atoms with Gasteiger partial charge in [-0.25, -0.2) is 4.57 Å². The van der Waals surface area contributed by atoms with Gasteiger partial charge < -0.3 is 18.9 Å². The third-order valence-corrected chi connectivity index (χ3v) is 17.0. The summed E-state index contributed by atoms with van der Waals surface area (Å²) in [6.07, 6.45) is 124. The van der Waals surface area contributed by atoms with Gasteiger partial charge in [0.1, 0.15) is 19.8 Å². The van der Waals surface area contributed by atoms with Gasteiger partial charge in [0.05, 0.1) is 27.7 Å². The van der Waals surface area contributed by atoms with E-state index in [0.29, 0.717) is 17.4 Å². The predicted octanol–water partition coefficient (Wildman–Crippen LogP) is 26.7. The molecule has 0 saturated heterocycles. The zero-order valence-electron chi connectivity index (χ0n) is 64.1. The average molecular weight is 1400 g/mol. The lowest BCUT2D eigenvalue weighted by Crippen LogP contribution is -2.37. The summed E-state index contributed by atoms with van der Waals surface area (Å²) in [6.45, 7) is 4.15. The van der Waals surface area contributed by atoms with Crippen LogP contribution in [0.3, 0.4) is 0 Å². The maximum Gasteiger partial charge on any atom is 0.472 e. The Morgan fingerprint density at radius 2 is 0.540 bits per heavy atom. The first kappa shape index (κ1) is 94.3. The quantitative estimate of drug-likeness (QED) is 0.0211. The Balaban J connectivity index is 4.12. The Hall–Kier alpha value is -5.67. The van der Waals surface area contributed by atoms with E-state index in [0.717, 1.165) is 154 Å². The van der Waals surface area contributed by atoms with Gasteiger partial charge in [-0.3, -0.25) is 18.6 Å². The topological polar surface area (TPSA) is 108 Å². The Morgan fingerprint density at radius 3 is 0.810 bits per heavy atom. The molecule has 0 aliphatic carbocycles. The van der Waals surface area contributed by atoms with Crippen LogP contribution in [0.5, 0.6) is 0 Å². The van der Waals surface area contributed by atoms with Gasteiger partial charge in [0.25, 0.3) is 0 Å². The first-order valence-corrected chi connectivity index (χ1v) is 41.0. The van der Waals surface area contributed by atoms with Crippen LogP contribution in [-0.2, 0) is 32.7 Å². The highest BCUT2D eigenvalue weighted by Crippen LogP contribution is 2.43. The first-order valence-electron chi connectivity index (χ1n) is 39.5. The molecule has 1 N–H and O–H groups in total. The van der Waals surface area contributed by atoms with E-state index in [2.05, 4.69) is 233 Å². The summed E-state index contributed by atoms with van der Waals surface area (Å²) in [6, 6.07) is 0. The highest BCUT2D eigenvalue weighted by Gasteiger charge is 2.27. The van der Waals surface area contributed by atoms with Crippen molar-refractivity contribution >= 4 is 19.8 Å². The molecule has 0 amide bonds. The minimum atomic E-state index is -4.42. The Labute approximate surface area is 614 Å². The van der Waals surface area contributed by atoms with Crippen molar-refractivity contribution in [2.24, 2.45) is 0 Å². The Morgan fingerprint density at radius 1 is 0.310 bits per heavy atom. The van der Waals surface area contributed by atoms with Crippen molar-refractivity contribution in [3.05, 3.63) is 219 Å². The molecule has 0 bridgehead atoms. The summed E-state index contributed by atoms with van der Waals surface area (Å²) in [7, 11) is 1.43. The highest BCUT2D eigenvalue weighted by molar-refractivity contribution is 7.47. The van der Waals surface area contributed by atoms with E-state index < -0.39 is 26.5 Å². The van der Waals surface area contributed by atoms with Crippen LogP contribution in [0.25, 0.3) is 0 Å². The molecule has 0 heterocycles. The number of unbranched alkanes of at least 4 members (excludes halogenated alkanes) is 20. The molecule has 0 rings (SSSR count). The Kier molecular flexibility index (Phi) is 73.1. The lowest BCUT2D eigenvalue weighted by molar-refractivity contribution is -0.870. The molecular weight excluding hydrogens is 1250 g/mol. The maximum absolute atomic E-state index is 12.9. The number of rotatable bonds is 70. The van der Waals surface area contributed by atoms with E-state index in [4.69, 9.17) is 18.5 Å². The number of phosphoric ester groups is 1. The normalized spacial score (nSPS) is 14.3. The maximum atomic E-state index is 12.9. The largest absolute Gasteiger partial charge is 0.472 e. The number of ether oxygens (including phenoxy) is 2. The van der Waals surface area contributed by atoms with Crippen LogP contribution < -0.4 is 0 Å². The number of carbonyl (C=O) groups is 2. The smallest absolute Gasteiger partial charge is 0.462 e. The van der Waals surface area contributed by atoms with Crippen molar-refractivity contribution in [2.45, 2.75) is 290 Å². The first-order chi connectivity index (χ1) is 49.0. The van der Waals surface area contributed by atoms with Crippen LogP contribution >= 0.6 is 7.82 Å². The van der Waals surface area contributed by atoms with Crippen molar-refractivity contribution in [1.82, 2.24) is 0 Å². The lowest BCUT2D eigenvalue weighted by atomic mass is 10.0. The van der Waals surface area contributed by atoms with E-state index in [-0.39, 0.29) is 32.0 Å². The zero-order chi connectivity index (χ0) is 72.5. The fourth-order valence-corrected chi connectivity index (χ4v) is 10.8. The molecule has 0 aromatic heterocycles. The van der Waals surface area contributed by atoms with E-state index in [9.17, 15) is 19.0 Å².